The van der Waals surface area contributed by atoms with Gasteiger partial charge in [-0.3, -0.25) is 4.90 Å². The summed E-state index contributed by atoms with van der Waals surface area (Å²) in [6.45, 7) is 0.749. The molecule has 0 aliphatic carbocycles. The van der Waals surface area contributed by atoms with Crippen LogP contribution in [0, 0.1) is 0 Å². The highest BCUT2D eigenvalue weighted by atomic mass is 19.1. The Labute approximate surface area is 66.0 Å². The molecule has 0 spiro atoms. The summed E-state index contributed by atoms with van der Waals surface area (Å²) in [6, 6.07) is 0.683. The molecule has 0 saturated carbocycles. The lowest BCUT2D eigenvalue weighted by molar-refractivity contribution is 0.148. The zero-order chi connectivity index (χ0) is 7.84. The Hall–Kier alpha value is -0.150. The van der Waals surface area contributed by atoms with Crippen molar-refractivity contribution < 1.29 is 9.50 Å². The number of rotatable bonds is 1. The van der Waals surface area contributed by atoms with Gasteiger partial charge in [-0.15, -0.1) is 0 Å². The van der Waals surface area contributed by atoms with Gasteiger partial charge in [0.25, 0.3) is 0 Å². The summed E-state index contributed by atoms with van der Waals surface area (Å²) in [5.41, 5.74) is 0. The topological polar surface area (TPSA) is 23.5 Å². The number of halogens is 1. The van der Waals surface area contributed by atoms with Gasteiger partial charge in [-0.2, -0.15) is 0 Å². The fourth-order valence-electron chi connectivity index (χ4n) is 2.36. The number of aliphatic hydroxyl groups is 1. The molecule has 11 heavy (non-hydrogen) atoms. The number of hydrogen-bond donors (Lipinski definition) is 1. The molecule has 0 amide bonds. The van der Waals surface area contributed by atoms with Crippen molar-refractivity contribution in [3.8, 4) is 0 Å². The van der Waals surface area contributed by atoms with Crippen molar-refractivity contribution in [2.75, 3.05) is 13.2 Å². The Morgan fingerprint density at radius 3 is 3.00 bits per heavy atom. The second-order valence-corrected chi connectivity index (χ2v) is 3.60. The summed E-state index contributed by atoms with van der Waals surface area (Å²) < 4.78 is 12.8. The minimum Gasteiger partial charge on any atom is -0.395 e. The van der Waals surface area contributed by atoms with E-state index in [1.54, 1.807) is 0 Å². The third-order valence-electron chi connectivity index (χ3n) is 2.92. The van der Waals surface area contributed by atoms with Crippen LogP contribution < -0.4 is 0 Å². The van der Waals surface area contributed by atoms with Crippen LogP contribution >= 0.6 is 0 Å². The summed E-state index contributed by atoms with van der Waals surface area (Å²) in [4.78, 5) is 2.13. The smallest absolute Gasteiger partial charge is 0.114 e. The largest absolute Gasteiger partial charge is 0.395 e. The van der Waals surface area contributed by atoms with Crippen LogP contribution in [-0.4, -0.2) is 41.4 Å². The first-order chi connectivity index (χ1) is 5.31. The highest BCUT2D eigenvalue weighted by molar-refractivity contribution is 4.95. The fraction of sp³-hybridized carbons (Fsp3) is 1.00. The highest BCUT2D eigenvalue weighted by Gasteiger charge is 2.40. The molecule has 2 heterocycles. The first-order valence-corrected chi connectivity index (χ1v) is 4.32. The molecule has 64 valence electrons. The maximum absolute atomic E-state index is 12.8. The number of aliphatic hydroxyl groups excluding tert-OH is 1. The molecule has 2 unspecified atom stereocenters. The van der Waals surface area contributed by atoms with E-state index >= 15 is 0 Å². The van der Waals surface area contributed by atoms with Gasteiger partial charge in [0.1, 0.15) is 6.17 Å². The second-order valence-electron chi connectivity index (χ2n) is 3.60. The van der Waals surface area contributed by atoms with Crippen molar-refractivity contribution in [1.82, 2.24) is 4.90 Å². The minimum absolute atomic E-state index is 0.198. The summed E-state index contributed by atoms with van der Waals surface area (Å²) in [6.07, 6.45) is 2.17. The third kappa shape index (κ3) is 1.16. The molecule has 2 fully saturated rings. The van der Waals surface area contributed by atoms with Crippen LogP contribution in [0.15, 0.2) is 0 Å². The average Bonchev–Trinajstić information content (AvgIpc) is 2.45. The summed E-state index contributed by atoms with van der Waals surface area (Å²) >= 11 is 0. The van der Waals surface area contributed by atoms with Crippen LogP contribution in [0.5, 0.6) is 0 Å². The van der Waals surface area contributed by atoms with Crippen LogP contribution in [0.4, 0.5) is 4.39 Å². The highest BCUT2D eigenvalue weighted by Crippen LogP contribution is 2.33. The third-order valence-corrected chi connectivity index (χ3v) is 2.92. The Morgan fingerprint density at radius 1 is 1.45 bits per heavy atom. The number of hydrogen-bond acceptors (Lipinski definition) is 2. The number of fused-ring (bicyclic) bond motifs is 1. The Balaban J connectivity index is 2.01. The second kappa shape index (κ2) is 2.72. The molecule has 2 nitrogen and oxygen atoms in total. The van der Waals surface area contributed by atoms with E-state index in [4.69, 9.17) is 5.11 Å². The first-order valence-electron chi connectivity index (χ1n) is 4.32. The molecule has 2 saturated heterocycles. The lowest BCUT2D eigenvalue weighted by atomic mass is 10.1. The van der Waals surface area contributed by atoms with Gasteiger partial charge >= 0.3 is 0 Å². The van der Waals surface area contributed by atoms with Crippen LogP contribution in [0.3, 0.4) is 0 Å². The molecule has 2 aliphatic rings. The van der Waals surface area contributed by atoms with Crippen molar-refractivity contribution in [3.63, 3.8) is 0 Å². The van der Waals surface area contributed by atoms with Crippen LogP contribution in [0.1, 0.15) is 19.3 Å². The molecule has 0 aromatic carbocycles. The van der Waals surface area contributed by atoms with E-state index in [1.165, 1.54) is 0 Å². The summed E-state index contributed by atoms with van der Waals surface area (Å²) in [5.74, 6) is 0. The normalized spacial score (nSPS) is 44.7. The Bertz CT molecular complexity index is 151. The quantitative estimate of drug-likeness (QED) is 0.604. The van der Waals surface area contributed by atoms with E-state index in [0.717, 1.165) is 12.8 Å². The maximum Gasteiger partial charge on any atom is 0.114 e. The van der Waals surface area contributed by atoms with Gasteiger partial charge in [0.05, 0.1) is 6.61 Å². The molecule has 2 aliphatic heterocycles. The average molecular weight is 159 g/mol. The van der Waals surface area contributed by atoms with Gasteiger partial charge in [-0.1, -0.05) is 0 Å². The standard InChI is InChI=1S/C8H14FNO/c9-6-3-7-1-2-8(5-11)10(7)4-6/h6-8,11H,1-5H2/t6-,7?,8?/m1/s1. The predicted octanol–water partition coefficient (Wildman–Crippen LogP) is 0.554. The van der Waals surface area contributed by atoms with E-state index in [-0.39, 0.29) is 12.6 Å². The predicted molar refractivity (Wildman–Crippen MR) is 40.1 cm³/mol. The Morgan fingerprint density at radius 2 is 2.27 bits per heavy atom. The van der Waals surface area contributed by atoms with E-state index in [1.807, 2.05) is 0 Å². The molecule has 0 radical (unpaired) electrons. The van der Waals surface area contributed by atoms with Gasteiger partial charge < -0.3 is 5.11 Å². The van der Waals surface area contributed by atoms with Gasteiger partial charge in [0.15, 0.2) is 0 Å². The monoisotopic (exact) mass is 159 g/mol. The molecular weight excluding hydrogens is 145 g/mol. The van der Waals surface area contributed by atoms with Crippen LogP contribution in [0.25, 0.3) is 0 Å². The molecule has 3 heteroatoms. The zero-order valence-electron chi connectivity index (χ0n) is 6.54. The molecule has 2 rings (SSSR count). The van der Waals surface area contributed by atoms with E-state index in [2.05, 4.69) is 4.90 Å². The van der Waals surface area contributed by atoms with Gasteiger partial charge in [-0.05, 0) is 19.3 Å². The maximum atomic E-state index is 12.8. The SMILES string of the molecule is OCC1CCC2C[C@@H](F)CN12. The zero-order valence-corrected chi connectivity index (χ0v) is 6.54. The molecule has 3 atom stereocenters. The van der Waals surface area contributed by atoms with E-state index in [0.29, 0.717) is 19.0 Å². The van der Waals surface area contributed by atoms with Crippen molar-refractivity contribution in [2.24, 2.45) is 0 Å². The lowest BCUT2D eigenvalue weighted by Gasteiger charge is -2.20. The first kappa shape index (κ1) is 7.50. The van der Waals surface area contributed by atoms with Crippen molar-refractivity contribution in [1.29, 1.82) is 0 Å². The van der Waals surface area contributed by atoms with Gasteiger partial charge in [0, 0.05) is 18.6 Å². The summed E-state index contributed by atoms with van der Waals surface area (Å²) in [7, 11) is 0. The minimum atomic E-state index is -0.644. The molecular formula is C8H14FNO. The number of nitrogens with zero attached hydrogens (tertiary/aromatic N) is 1. The number of alkyl halides is 1. The lowest BCUT2D eigenvalue weighted by Crippen LogP contribution is -2.34. The summed E-state index contributed by atoms with van der Waals surface area (Å²) in [5, 5.41) is 8.94. The van der Waals surface area contributed by atoms with E-state index < -0.39 is 6.17 Å². The van der Waals surface area contributed by atoms with Crippen molar-refractivity contribution in [2.45, 2.75) is 37.5 Å². The Kier molecular flexibility index (Phi) is 1.85. The van der Waals surface area contributed by atoms with Crippen molar-refractivity contribution in [3.05, 3.63) is 0 Å². The van der Waals surface area contributed by atoms with Crippen LogP contribution in [-0.2, 0) is 0 Å². The molecule has 0 bridgehead atoms. The molecule has 1 N–H and O–H groups in total. The van der Waals surface area contributed by atoms with Crippen molar-refractivity contribution >= 4 is 0 Å². The van der Waals surface area contributed by atoms with Crippen LogP contribution in [0.2, 0.25) is 0 Å². The van der Waals surface area contributed by atoms with Gasteiger partial charge in [0.2, 0.25) is 0 Å². The fourth-order valence-corrected chi connectivity index (χ4v) is 2.36. The molecule has 0 aromatic heterocycles. The van der Waals surface area contributed by atoms with Gasteiger partial charge in [-0.25, -0.2) is 4.39 Å². The molecule has 0 aromatic rings. The van der Waals surface area contributed by atoms with E-state index in [9.17, 15) is 4.39 Å².